The average Bonchev–Trinajstić information content (AvgIpc) is 2.31. The molecule has 1 aromatic rings. The van der Waals surface area contributed by atoms with Crippen LogP contribution in [0, 0.1) is 6.92 Å². The Morgan fingerprint density at radius 3 is 2.45 bits per heavy atom. The number of primary sulfonamides is 1. The van der Waals surface area contributed by atoms with E-state index < -0.39 is 10.0 Å². The maximum Gasteiger partial charge on any atom is 0.238 e. The Morgan fingerprint density at radius 2 is 1.95 bits per heavy atom. The lowest BCUT2D eigenvalue weighted by Gasteiger charge is -2.22. The number of nitrogen functional groups attached to an aromatic ring is 1. The summed E-state index contributed by atoms with van der Waals surface area (Å²) in [4.78, 5) is 2.26. The van der Waals surface area contributed by atoms with Crippen LogP contribution in [-0.2, 0) is 10.0 Å². The second-order valence-electron chi connectivity index (χ2n) is 5.24. The molecule has 5 N–H and O–H groups in total. The minimum atomic E-state index is -3.76. The van der Waals surface area contributed by atoms with Crippen LogP contribution < -0.4 is 16.2 Å². The van der Waals surface area contributed by atoms with Crippen LogP contribution in [0.15, 0.2) is 17.0 Å². The maximum absolute atomic E-state index is 11.5. The number of nitrogens with zero attached hydrogens (tertiary/aromatic N) is 1. The summed E-state index contributed by atoms with van der Waals surface area (Å²) in [7, 11) is -1.73. The van der Waals surface area contributed by atoms with Crippen LogP contribution in [0.5, 0.6) is 0 Å². The van der Waals surface area contributed by atoms with Crippen LogP contribution in [0.4, 0.5) is 11.4 Å². The number of benzene rings is 1. The molecule has 0 saturated carbocycles. The van der Waals surface area contributed by atoms with Gasteiger partial charge in [-0.05, 0) is 45.5 Å². The first kappa shape index (κ1) is 16.7. The molecule has 0 fully saturated rings. The van der Waals surface area contributed by atoms with Crippen LogP contribution >= 0.6 is 0 Å². The first-order valence-corrected chi connectivity index (χ1v) is 8.04. The first-order valence-electron chi connectivity index (χ1n) is 6.50. The zero-order chi connectivity index (χ0) is 15.5. The zero-order valence-electron chi connectivity index (χ0n) is 12.5. The van der Waals surface area contributed by atoms with Gasteiger partial charge in [0.2, 0.25) is 10.0 Å². The average molecular weight is 300 g/mol. The van der Waals surface area contributed by atoms with Crippen molar-refractivity contribution in [1.82, 2.24) is 4.90 Å². The van der Waals surface area contributed by atoms with Crippen molar-refractivity contribution in [2.45, 2.75) is 31.7 Å². The molecule has 0 amide bonds. The van der Waals surface area contributed by atoms with Gasteiger partial charge in [0, 0.05) is 30.5 Å². The van der Waals surface area contributed by atoms with Crippen molar-refractivity contribution in [3.05, 3.63) is 17.7 Å². The molecular formula is C13H24N4O2S. The number of anilines is 2. The molecule has 6 nitrogen and oxygen atoms in total. The molecule has 0 aliphatic rings. The Kier molecular flexibility index (Phi) is 5.38. The van der Waals surface area contributed by atoms with Crippen LogP contribution in [0.25, 0.3) is 0 Å². The van der Waals surface area contributed by atoms with E-state index in [9.17, 15) is 8.42 Å². The molecule has 20 heavy (non-hydrogen) atoms. The molecule has 1 rings (SSSR count). The van der Waals surface area contributed by atoms with Crippen molar-refractivity contribution < 1.29 is 8.42 Å². The van der Waals surface area contributed by atoms with Gasteiger partial charge in [-0.1, -0.05) is 0 Å². The topological polar surface area (TPSA) is 101 Å². The molecule has 0 saturated heterocycles. The molecule has 0 aliphatic heterocycles. The molecule has 0 unspecified atom stereocenters. The van der Waals surface area contributed by atoms with Crippen LogP contribution in [0.1, 0.15) is 19.4 Å². The summed E-state index contributed by atoms with van der Waals surface area (Å²) in [5, 5.41) is 8.40. The summed E-state index contributed by atoms with van der Waals surface area (Å²) < 4.78 is 23.0. The van der Waals surface area contributed by atoms with E-state index in [0.717, 1.165) is 6.54 Å². The minimum absolute atomic E-state index is 0.0669. The Balaban J connectivity index is 2.89. The van der Waals surface area contributed by atoms with E-state index in [1.807, 2.05) is 7.05 Å². The summed E-state index contributed by atoms with van der Waals surface area (Å²) >= 11 is 0. The van der Waals surface area contributed by atoms with Crippen molar-refractivity contribution in [1.29, 1.82) is 0 Å². The van der Waals surface area contributed by atoms with Crippen molar-refractivity contribution in [3.8, 4) is 0 Å². The first-order chi connectivity index (χ1) is 9.12. The molecule has 0 atom stereocenters. The Morgan fingerprint density at radius 1 is 1.35 bits per heavy atom. The largest absolute Gasteiger partial charge is 0.399 e. The van der Waals surface area contributed by atoms with Gasteiger partial charge in [-0.15, -0.1) is 0 Å². The predicted octanol–water partition coefficient (Wildman–Crippen LogP) is 0.977. The number of nitrogens with two attached hydrogens (primary N) is 2. The summed E-state index contributed by atoms with van der Waals surface area (Å²) in [6.07, 6.45) is 0. The normalized spacial score (nSPS) is 12.2. The van der Waals surface area contributed by atoms with Gasteiger partial charge >= 0.3 is 0 Å². The van der Waals surface area contributed by atoms with Gasteiger partial charge < -0.3 is 16.0 Å². The monoisotopic (exact) mass is 300 g/mol. The number of sulfonamides is 1. The second kappa shape index (κ2) is 6.43. The van der Waals surface area contributed by atoms with Crippen molar-refractivity contribution in [2.24, 2.45) is 5.14 Å². The fraction of sp³-hybridized carbons (Fsp3) is 0.538. The Bertz CT molecular complexity index is 570. The number of hydrogen-bond donors (Lipinski definition) is 3. The highest BCUT2D eigenvalue weighted by atomic mass is 32.2. The van der Waals surface area contributed by atoms with E-state index in [2.05, 4.69) is 24.1 Å². The van der Waals surface area contributed by atoms with Gasteiger partial charge in [0.05, 0.1) is 4.90 Å². The summed E-state index contributed by atoms with van der Waals surface area (Å²) in [5.41, 5.74) is 7.40. The van der Waals surface area contributed by atoms with Gasteiger partial charge in [-0.2, -0.15) is 0 Å². The smallest absolute Gasteiger partial charge is 0.238 e. The van der Waals surface area contributed by atoms with Gasteiger partial charge in [0.1, 0.15) is 0 Å². The standard InChI is InChI=1S/C13H24N4O2S/c1-9(2)17(4)6-5-16-12-7-11(14)8-13(10(12)3)20(15,18)19/h7-9,16H,5-6,14H2,1-4H3,(H2,15,18,19). The molecule has 114 valence electrons. The molecule has 0 bridgehead atoms. The van der Waals surface area contributed by atoms with Gasteiger partial charge in [0.25, 0.3) is 0 Å². The minimum Gasteiger partial charge on any atom is -0.399 e. The summed E-state index contributed by atoms with van der Waals surface area (Å²) in [5.74, 6) is 0. The van der Waals surface area contributed by atoms with Gasteiger partial charge in [0.15, 0.2) is 0 Å². The predicted molar refractivity (Wildman–Crippen MR) is 83.2 cm³/mol. The van der Waals surface area contributed by atoms with E-state index >= 15 is 0 Å². The third-order valence-corrected chi connectivity index (χ3v) is 4.39. The Labute approximate surface area is 121 Å². The van der Waals surface area contributed by atoms with Crippen LogP contribution in [0.3, 0.4) is 0 Å². The highest BCUT2D eigenvalue weighted by molar-refractivity contribution is 7.89. The van der Waals surface area contributed by atoms with Crippen molar-refractivity contribution in [3.63, 3.8) is 0 Å². The van der Waals surface area contributed by atoms with Crippen molar-refractivity contribution >= 4 is 21.4 Å². The molecule has 0 spiro atoms. The summed E-state index contributed by atoms with van der Waals surface area (Å²) in [6, 6.07) is 3.56. The molecule has 7 heteroatoms. The molecule has 0 aliphatic carbocycles. The maximum atomic E-state index is 11.5. The SMILES string of the molecule is Cc1c(NCCN(C)C(C)C)cc(N)cc1S(N)(=O)=O. The van der Waals surface area contributed by atoms with E-state index in [1.54, 1.807) is 13.0 Å². The number of hydrogen-bond acceptors (Lipinski definition) is 5. The second-order valence-corrected chi connectivity index (χ2v) is 6.77. The molecule has 1 aromatic carbocycles. The number of nitrogens with one attached hydrogen (secondary N) is 1. The molecule has 0 aromatic heterocycles. The third kappa shape index (κ3) is 4.36. The van der Waals surface area contributed by atoms with Gasteiger partial charge in [-0.25, -0.2) is 13.6 Å². The Hall–Kier alpha value is -1.31. The lowest BCUT2D eigenvalue weighted by atomic mass is 10.2. The van der Waals surface area contributed by atoms with E-state index in [4.69, 9.17) is 10.9 Å². The zero-order valence-corrected chi connectivity index (χ0v) is 13.3. The molecule has 0 radical (unpaired) electrons. The summed E-state index contributed by atoms with van der Waals surface area (Å²) in [6.45, 7) is 7.49. The van der Waals surface area contributed by atoms with E-state index in [0.29, 0.717) is 29.5 Å². The fourth-order valence-electron chi connectivity index (χ4n) is 1.81. The van der Waals surface area contributed by atoms with Crippen LogP contribution in [-0.4, -0.2) is 39.5 Å². The van der Waals surface area contributed by atoms with E-state index in [-0.39, 0.29) is 4.90 Å². The lowest BCUT2D eigenvalue weighted by molar-refractivity contribution is 0.284. The molecular weight excluding hydrogens is 276 g/mol. The number of rotatable bonds is 6. The highest BCUT2D eigenvalue weighted by Crippen LogP contribution is 2.25. The lowest BCUT2D eigenvalue weighted by Crippen LogP contribution is -2.31. The highest BCUT2D eigenvalue weighted by Gasteiger charge is 2.15. The quantitative estimate of drug-likeness (QED) is 0.680. The van der Waals surface area contributed by atoms with Crippen LogP contribution in [0.2, 0.25) is 0 Å². The third-order valence-electron chi connectivity index (χ3n) is 3.35. The number of likely N-dealkylation sites (N-methyl/N-ethyl adjacent to an activating group) is 1. The molecule has 0 heterocycles. The van der Waals surface area contributed by atoms with Crippen molar-refractivity contribution in [2.75, 3.05) is 31.2 Å². The van der Waals surface area contributed by atoms with Gasteiger partial charge in [-0.3, -0.25) is 0 Å². The van der Waals surface area contributed by atoms with E-state index in [1.165, 1.54) is 6.07 Å². The fourth-order valence-corrected chi connectivity index (χ4v) is 2.65.